The summed E-state index contributed by atoms with van der Waals surface area (Å²) in [6.07, 6.45) is 1.95. The topological polar surface area (TPSA) is 48.1 Å². The first-order valence-corrected chi connectivity index (χ1v) is 6.90. The summed E-state index contributed by atoms with van der Waals surface area (Å²) >= 11 is 3.46. The quantitative estimate of drug-likeness (QED) is 0.529. The van der Waals surface area contributed by atoms with Gasteiger partial charge in [-0.25, -0.2) is 0 Å². The molecule has 0 N–H and O–H groups in total. The first-order valence-electron chi connectivity index (χ1n) is 6.11. The first-order chi connectivity index (χ1) is 9.63. The molecular formula is C15H11BrN2O2. The van der Waals surface area contributed by atoms with E-state index in [0.29, 0.717) is 0 Å². The smallest absolute Gasteiger partial charge is 0.270 e. The van der Waals surface area contributed by atoms with Crippen LogP contribution in [0.3, 0.4) is 0 Å². The predicted octanol–water partition coefficient (Wildman–Crippen LogP) is 4.36. The molecule has 20 heavy (non-hydrogen) atoms. The molecule has 4 nitrogen and oxygen atoms in total. The van der Waals surface area contributed by atoms with E-state index in [4.69, 9.17) is 0 Å². The molecule has 0 saturated heterocycles. The molecule has 5 heteroatoms. The molecule has 3 aromatic rings. The van der Waals surface area contributed by atoms with Crippen LogP contribution < -0.4 is 0 Å². The Bertz CT molecular complexity index is 795. The van der Waals surface area contributed by atoms with Crippen LogP contribution in [0.1, 0.15) is 5.56 Å². The van der Waals surface area contributed by atoms with E-state index in [1.807, 2.05) is 24.4 Å². The maximum Gasteiger partial charge on any atom is 0.270 e. The number of fused-ring (bicyclic) bond motifs is 1. The highest BCUT2D eigenvalue weighted by molar-refractivity contribution is 9.10. The monoisotopic (exact) mass is 330 g/mol. The minimum atomic E-state index is -0.370. The summed E-state index contributed by atoms with van der Waals surface area (Å²) in [5, 5.41) is 11.7. The van der Waals surface area contributed by atoms with Gasteiger partial charge < -0.3 is 4.57 Å². The van der Waals surface area contributed by atoms with Crippen LogP contribution in [0.5, 0.6) is 0 Å². The fraction of sp³-hybridized carbons (Fsp3) is 0.0667. The number of hydrogen-bond donors (Lipinski definition) is 0. The molecule has 0 amide bonds. The molecule has 0 aliphatic rings. The van der Waals surface area contributed by atoms with E-state index in [2.05, 4.69) is 32.6 Å². The van der Waals surface area contributed by atoms with Crippen LogP contribution in [0.15, 0.2) is 59.2 Å². The Balaban J connectivity index is 1.98. The number of nitrogens with zero attached hydrogens (tertiary/aromatic N) is 2. The molecule has 0 radical (unpaired) electrons. The van der Waals surface area contributed by atoms with Crippen molar-refractivity contribution < 1.29 is 4.92 Å². The van der Waals surface area contributed by atoms with Gasteiger partial charge in [0, 0.05) is 40.2 Å². The molecule has 0 aliphatic carbocycles. The Kier molecular flexibility index (Phi) is 3.28. The van der Waals surface area contributed by atoms with Crippen LogP contribution in [-0.4, -0.2) is 9.49 Å². The molecule has 3 rings (SSSR count). The molecule has 1 aromatic heterocycles. The molecule has 0 aliphatic heterocycles. The van der Waals surface area contributed by atoms with Crippen LogP contribution >= 0.6 is 15.9 Å². The van der Waals surface area contributed by atoms with E-state index >= 15 is 0 Å². The van der Waals surface area contributed by atoms with Crippen molar-refractivity contribution in [2.75, 3.05) is 0 Å². The first kappa shape index (κ1) is 12.9. The second-order valence-electron chi connectivity index (χ2n) is 4.57. The number of benzene rings is 2. The summed E-state index contributed by atoms with van der Waals surface area (Å²) in [4.78, 5) is 10.4. The van der Waals surface area contributed by atoms with Gasteiger partial charge in [0.1, 0.15) is 0 Å². The van der Waals surface area contributed by atoms with Crippen LogP contribution in [0.25, 0.3) is 10.9 Å². The van der Waals surface area contributed by atoms with Crippen LogP contribution in [-0.2, 0) is 6.54 Å². The fourth-order valence-corrected chi connectivity index (χ4v) is 2.72. The fourth-order valence-electron chi connectivity index (χ4n) is 2.27. The summed E-state index contributed by atoms with van der Waals surface area (Å²) in [7, 11) is 0. The third-order valence-electron chi connectivity index (χ3n) is 3.21. The van der Waals surface area contributed by atoms with E-state index in [1.54, 1.807) is 18.2 Å². The number of nitro benzene ring substituents is 1. The number of nitro groups is 1. The average molecular weight is 331 g/mol. The number of halogens is 1. The van der Waals surface area contributed by atoms with Gasteiger partial charge in [-0.15, -0.1) is 0 Å². The average Bonchev–Trinajstić information content (AvgIpc) is 2.81. The zero-order valence-electron chi connectivity index (χ0n) is 10.5. The van der Waals surface area contributed by atoms with Gasteiger partial charge in [0.15, 0.2) is 0 Å². The van der Waals surface area contributed by atoms with Crippen molar-refractivity contribution >= 4 is 32.5 Å². The lowest BCUT2D eigenvalue weighted by Gasteiger charge is -2.06. The predicted molar refractivity (Wildman–Crippen MR) is 81.8 cm³/mol. The maximum atomic E-state index is 10.8. The highest BCUT2D eigenvalue weighted by Gasteiger charge is 2.08. The number of non-ortho nitro benzene ring substituents is 1. The molecule has 0 fully saturated rings. The lowest BCUT2D eigenvalue weighted by molar-refractivity contribution is -0.384. The zero-order valence-corrected chi connectivity index (χ0v) is 12.1. The Morgan fingerprint density at radius 2 is 2.00 bits per heavy atom. The van der Waals surface area contributed by atoms with Gasteiger partial charge >= 0.3 is 0 Å². The number of aromatic nitrogens is 1. The Morgan fingerprint density at radius 3 is 2.75 bits per heavy atom. The van der Waals surface area contributed by atoms with Crippen LogP contribution in [0.2, 0.25) is 0 Å². The minimum absolute atomic E-state index is 0.123. The van der Waals surface area contributed by atoms with Gasteiger partial charge in [-0.1, -0.05) is 28.1 Å². The van der Waals surface area contributed by atoms with E-state index in [9.17, 15) is 10.1 Å². The van der Waals surface area contributed by atoms with E-state index in [1.165, 1.54) is 5.56 Å². The Hall–Kier alpha value is -2.14. The normalized spacial score (nSPS) is 10.8. The van der Waals surface area contributed by atoms with Crippen molar-refractivity contribution in [2.45, 2.75) is 6.54 Å². The molecule has 0 saturated carbocycles. The second kappa shape index (κ2) is 5.09. The molecule has 0 bridgehead atoms. The van der Waals surface area contributed by atoms with Gasteiger partial charge in [-0.2, -0.15) is 0 Å². The third kappa shape index (κ3) is 2.44. The SMILES string of the molecule is O=[N+]([O-])c1ccc2c(ccn2Cc2cccc(Br)c2)c1. The number of rotatable bonds is 3. The minimum Gasteiger partial charge on any atom is -0.343 e. The van der Waals surface area contributed by atoms with Crippen molar-refractivity contribution in [2.24, 2.45) is 0 Å². The number of hydrogen-bond acceptors (Lipinski definition) is 2. The summed E-state index contributed by atoms with van der Waals surface area (Å²) in [6.45, 7) is 0.737. The van der Waals surface area contributed by atoms with Gasteiger partial charge in [0.05, 0.1) is 4.92 Å². The van der Waals surface area contributed by atoms with E-state index in [0.717, 1.165) is 21.9 Å². The van der Waals surface area contributed by atoms with Gasteiger partial charge in [0.25, 0.3) is 5.69 Å². The molecule has 0 unspecified atom stereocenters. The van der Waals surface area contributed by atoms with Crippen LogP contribution in [0, 0.1) is 10.1 Å². The molecule has 0 atom stereocenters. The van der Waals surface area contributed by atoms with Gasteiger partial charge in [-0.05, 0) is 29.8 Å². The summed E-state index contributed by atoms with van der Waals surface area (Å²) in [5.74, 6) is 0. The Labute approximate surface area is 123 Å². The molecular weight excluding hydrogens is 320 g/mol. The maximum absolute atomic E-state index is 10.8. The second-order valence-corrected chi connectivity index (χ2v) is 5.49. The highest BCUT2D eigenvalue weighted by Crippen LogP contribution is 2.23. The lowest BCUT2D eigenvalue weighted by Crippen LogP contribution is -1.97. The third-order valence-corrected chi connectivity index (χ3v) is 3.70. The van der Waals surface area contributed by atoms with Gasteiger partial charge in [0.2, 0.25) is 0 Å². The molecule has 0 spiro atoms. The van der Waals surface area contributed by atoms with Crippen molar-refractivity contribution in [1.82, 2.24) is 4.57 Å². The summed E-state index contributed by atoms with van der Waals surface area (Å²) in [5.41, 5.74) is 2.29. The standard InChI is InChI=1S/C15H11BrN2O2/c16-13-3-1-2-11(8-13)10-17-7-6-12-9-14(18(19)20)4-5-15(12)17/h1-9H,10H2. The van der Waals surface area contributed by atoms with Crippen molar-refractivity contribution in [3.05, 3.63) is 74.9 Å². The van der Waals surface area contributed by atoms with E-state index < -0.39 is 0 Å². The van der Waals surface area contributed by atoms with E-state index in [-0.39, 0.29) is 10.6 Å². The van der Waals surface area contributed by atoms with Crippen molar-refractivity contribution in [3.8, 4) is 0 Å². The largest absolute Gasteiger partial charge is 0.343 e. The molecule has 100 valence electrons. The highest BCUT2D eigenvalue weighted by atomic mass is 79.9. The molecule has 2 aromatic carbocycles. The lowest BCUT2D eigenvalue weighted by atomic mass is 10.2. The zero-order chi connectivity index (χ0) is 14.1. The van der Waals surface area contributed by atoms with Crippen molar-refractivity contribution in [3.63, 3.8) is 0 Å². The Morgan fingerprint density at radius 1 is 1.15 bits per heavy atom. The van der Waals surface area contributed by atoms with Crippen molar-refractivity contribution in [1.29, 1.82) is 0 Å². The van der Waals surface area contributed by atoms with Crippen LogP contribution in [0.4, 0.5) is 5.69 Å². The summed E-state index contributed by atoms with van der Waals surface area (Å²) < 4.78 is 3.13. The summed E-state index contributed by atoms with van der Waals surface area (Å²) in [6, 6.07) is 15.0. The van der Waals surface area contributed by atoms with Gasteiger partial charge in [-0.3, -0.25) is 10.1 Å². The molecule has 1 heterocycles.